The fourth-order valence-electron chi connectivity index (χ4n) is 1.94. The zero-order valence-corrected chi connectivity index (χ0v) is 12.8. The van der Waals surface area contributed by atoms with Crippen molar-refractivity contribution in [1.29, 1.82) is 0 Å². The molecule has 0 bridgehead atoms. The number of furan rings is 1. The van der Waals surface area contributed by atoms with E-state index in [1.807, 2.05) is 13.0 Å². The van der Waals surface area contributed by atoms with Crippen LogP contribution in [0.5, 0.6) is 0 Å². The first-order chi connectivity index (χ1) is 10.8. The zero-order chi connectivity index (χ0) is 15.4. The summed E-state index contributed by atoms with van der Waals surface area (Å²) in [5.74, 6) is 0.651. The van der Waals surface area contributed by atoms with Crippen LogP contribution in [0.15, 0.2) is 50.8 Å². The highest BCUT2D eigenvalue weighted by Gasteiger charge is 2.21. The first-order valence-electron chi connectivity index (χ1n) is 6.94. The summed E-state index contributed by atoms with van der Waals surface area (Å²) < 4.78 is 10.8. The van der Waals surface area contributed by atoms with Crippen molar-refractivity contribution in [3.05, 3.63) is 42.5 Å². The summed E-state index contributed by atoms with van der Waals surface area (Å²) in [6.07, 6.45) is 3.91. The van der Waals surface area contributed by atoms with Gasteiger partial charge in [-0.2, -0.15) is 4.98 Å². The molecule has 3 heterocycles. The monoisotopic (exact) mass is 317 g/mol. The molecule has 0 radical (unpaired) electrons. The lowest BCUT2D eigenvalue weighted by Gasteiger charge is -2.11. The summed E-state index contributed by atoms with van der Waals surface area (Å²) in [7, 11) is 0. The van der Waals surface area contributed by atoms with Crippen molar-refractivity contribution in [3.8, 4) is 0 Å². The second-order valence-electron chi connectivity index (χ2n) is 4.62. The molecule has 0 aromatic carbocycles. The van der Waals surface area contributed by atoms with Crippen LogP contribution in [0.4, 0.5) is 0 Å². The topological polar surface area (TPSA) is 81.2 Å². The largest absolute Gasteiger partial charge is 0.467 e. The van der Waals surface area contributed by atoms with Gasteiger partial charge in [0.1, 0.15) is 5.76 Å². The van der Waals surface area contributed by atoms with Gasteiger partial charge in [-0.05, 0) is 30.7 Å². The van der Waals surface area contributed by atoms with Crippen molar-refractivity contribution in [2.24, 2.45) is 0 Å². The Morgan fingerprint density at radius 3 is 3.05 bits per heavy atom. The Morgan fingerprint density at radius 1 is 1.41 bits per heavy atom. The Labute approximate surface area is 131 Å². The van der Waals surface area contributed by atoms with Gasteiger partial charge in [0.05, 0.1) is 18.1 Å². The van der Waals surface area contributed by atoms with E-state index in [1.165, 1.54) is 11.8 Å². The van der Waals surface area contributed by atoms with Crippen LogP contribution < -0.4 is 5.32 Å². The number of pyridine rings is 1. The number of aromatic nitrogens is 2. The van der Waals surface area contributed by atoms with Crippen molar-refractivity contribution in [2.45, 2.75) is 30.4 Å². The third-order valence-corrected chi connectivity index (χ3v) is 4.28. The third-order valence-electron chi connectivity index (χ3n) is 3.07. The normalized spacial score (nSPS) is 12.4. The summed E-state index contributed by atoms with van der Waals surface area (Å²) in [6.45, 7) is 2.32. The van der Waals surface area contributed by atoms with E-state index in [2.05, 4.69) is 15.3 Å². The molecule has 3 aromatic heterocycles. The molecule has 0 saturated heterocycles. The van der Waals surface area contributed by atoms with Gasteiger partial charge in [0.15, 0.2) is 11.2 Å². The van der Waals surface area contributed by atoms with Crippen molar-refractivity contribution in [2.75, 3.05) is 0 Å². The van der Waals surface area contributed by atoms with E-state index in [1.54, 1.807) is 30.7 Å². The number of nitrogens with zero attached hydrogens (tertiary/aromatic N) is 2. The molecule has 0 spiro atoms. The molecule has 1 amide bonds. The average molecular weight is 317 g/mol. The number of carbonyl (C=O) groups excluding carboxylic acids is 1. The van der Waals surface area contributed by atoms with E-state index in [0.29, 0.717) is 29.4 Å². The summed E-state index contributed by atoms with van der Waals surface area (Å²) in [5, 5.41) is 3.03. The number of nitrogens with one attached hydrogen (secondary N) is 1. The maximum atomic E-state index is 12.2. The molecular formula is C15H15N3O3S. The van der Waals surface area contributed by atoms with Crippen LogP contribution in [0.2, 0.25) is 0 Å². The van der Waals surface area contributed by atoms with Crippen molar-refractivity contribution >= 4 is 28.9 Å². The molecule has 0 aliphatic heterocycles. The minimum absolute atomic E-state index is 0.0703. The number of hydrogen-bond donors (Lipinski definition) is 1. The van der Waals surface area contributed by atoms with E-state index in [-0.39, 0.29) is 11.2 Å². The maximum absolute atomic E-state index is 12.2. The van der Waals surface area contributed by atoms with Crippen LogP contribution in [0.25, 0.3) is 11.2 Å². The number of hydrogen-bond acceptors (Lipinski definition) is 6. The standard InChI is InChI=1S/C15H15N3O3S/c1-2-12(14(19)17-9-10-5-4-8-20-10)22-15-18-13-11(21-15)6-3-7-16-13/h3-8,12H,2,9H2,1H3,(H,17,19)/t12-/m0/s1. The van der Waals surface area contributed by atoms with E-state index >= 15 is 0 Å². The molecule has 0 saturated carbocycles. The molecule has 0 unspecified atom stereocenters. The Balaban J connectivity index is 1.64. The number of rotatable bonds is 6. The molecule has 0 aliphatic carbocycles. The summed E-state index contributed by atoms with van der Waals surface area (Å²) in [6, 6.07) is 7.20. The van der Waals surface area contributed by atoms with Crippen molar-refractivity contribution in [1.82, 2.24) is 15.3 Å². The summed E-state index contributed by atoms with van der Waals surface area (Å²) in [4.78, 5) is 20.6. The van der Waals surface area contributed by atoms with Crippen LogP contribution in [0.3, 0.4) is 0 Å². The smallest absolute Gasteiger partial charge is 0.259 e. The Bertz CT molecular complexity index is 721. The zero-order valence-electron chi connectivity index (χ0n) is 12.0. The van der Waals surface area contributed by atoms with E-state index in [9.17, 15) is 4.79 Å². The molecule has 0 aliphatic rings. The second kappa shape index (κ2) is 6.65. The van der Waals surface area contributed by atoms with Crippen LogP contribution in [0.1, 0.15) is 19.1 Å². The van der Waals surface area contributed by atoms with Gasteiger partial charge in [0, 0.05) is 6.20 Å². The van der Waals surface area contributed by atoms with Crippen molar-refractivity contribution in [3.63, 3.8) is 0 Å². The first kappa shape index (κ1) is 14.6. The Morgan fingerprint density at radius 2 is 2.32 bits per heavy atom. The molecule has 3 aromatic rings. The third kappa shape index (κ3) is 3.30. The van der Waals surface area contributed by atoms with Gasteiger partial charge >= 0.3 is 0 Å². The number of thioether (sulfide) groups is 1. The van der Waals surface area contributed by atoms with Gasteiger partial charge in [0.2, 0.25) is 5.91 Å². The highest BCUT2D eigenvalue weighted by molar-refractivity contribution is 8.00. The maximum Gasteiger partial charge on any atom is 0.259 e. The number of fused-ring (bicyclic) bond motifs is 1. The SMILES string of the molecule is CC[C@H](Sc1nc2ncccc2o1)C(=O)NCc1ccco1. The minimum Gasteiger partial charge on any atom is -0.467 e. The molecule has 6 nitrogen and oxygen atoms in total. The molecular weight excluding hydrogens is 302 g/mol. The summed E-state index contributed by atoms with van der Waals surface area (Å²) in [5.41, 5.74) is 1.17. The van der Waals surface area contributed by atoms with Crippen LogP contribution in [-0.4, -0.2) is 21.1 Å². The van der Waals surface area contributed by atoms with Gasteiger partial charge in [-0.1, -0.05) is 18.7 Å². The molecule has 7 heteroatoms. The predicted molar refractivity (Wildman–Crippen MR) is 82.3 cm³/mol. The first-order valence-corrected chi connectivity index (χ1v) is 7.82. The summed E-state index contributed by atoms with van der Waals surface area (Å²) >= 11 is 1.30. The predicted octanol–water partition coefficient (Wildman–Crippen LogP) is 3.00. The van der Waals surface area contributed by atoms with Crippen LogP contribution in [0, 0.1) is 0 Å². The number of amides is 1. The van der Waals surface area contributed by atoms with Gasteiger partial charge in [-0.25, -0.2) is 4.98 Å². The van der Waals surface area contributed by atoms with E-state index < -0.39 is 0 Å². The van der Waals surface area contributed by atoms with E-state index in [0.717, 1.165) is 5.76 Å². The molecule has 1 N–H and O–H groups in total. The van der Waals surface area contributed by atoms with Gasteiger partial charge in [-0.15, -0.1) is 0 Å². The van der Waals surface area contributed by atoms with Crippen LogP contribution in [-0.2, 0) is 11.3 Å². The number of oxazole rings is 1. The minimum atomic E-state index is -0.275. The molecule has 22 heavy (non-hydrogen) atoms. The Hall–Kier alpha value is -2.28. The fourth-order valence-corrected chi connectivity index (χ4v) is 2.82. The molecule has 114 valence electrons. The molecule has 3 rings (SSSR count). The average Bonchev–Trinajstić information content (AvgIpc) is 3.18. The van der Waals surface area contributed by atoms with Crippen molar-refractivity contribution < 1.29 is 13.6 Å². The molecule has 1 atom stereocenters. The molecule has 0 fully saturated rings. The van der Waals surface area contributed by atoms with Crippen LogP contribution >= 0.6 is 11.8 Å². The van der Waals surface area contributed by atoms with Gasteiger partial charge in [-0.3, -0.25) is 4.79 Å². The highest BCUT2D eigenvalue weighted by Crippen LogP contribution is 2.27. The Kier molecular flexibility index (Phi) is 4.43. The lowest BCUT2D eigenvalue weighted by Crippen LogP contribution is -2.31. The van der Waals surface area contributed by atoms with Gasteiger partial charge < -0.3 is 14.2 Å². The number of carbonyl (C=O) groups is 1. The highest BCUT2D eigenvalue weighted by atomic mass is 32.2. The van der Waals surface area contributed by atoms with E-state index in [4.69, 9.17) is 8.83 Å². The quantitative estimate of drug-likeness (QED) is 0.704. The second-order valence-corrected chi connectivity index (χ2v) is 5.77. The lowest BCUT2D eigenvalue weighted by atomic mass is 10.3. The lowest BCUT2D eigenvalue weighted by molar-refractivity contribution is -0.120. The fraction of sp³-hybridized carbons (Fsp3) is 0.267. The van der Waals surface area contributed by atoms with Gasteiger partial charge in [0.25, 0.3) is 5.22 Å².